The fourth-order valence-electron chi connectivity index (χ4n) is 4.46. The number of aliphatic carboxylic acids is 1. The number of benzene rings is 2. The summed E-state index contributed by atoms with van der Waals surface area (Å²) in [6, 6.07) is 16.2. The van der Waals surface area contributed by atoms with Crippen LogP contribution in [0.4, 0.5) is 4.79 Å². The van der Waals surface area contributed by atoms with Crippen LogP contribution in [-0.4, -0.2) is 53.7 Å². The van der Waals surface area contributed by atoms with E-state index in [4.69, 9.17) is 9.84 Å². The number of rotatable bonds is 11. The van der Waals surface area contributed by atoms with Gasteiger partial charge in [-0.2, -0.15) is 0 Å². The van der Waals surface area contributed by atoms with Crippen molar-refractivity contribution in [3.63, 3.8) is 0 Å². The summed E-state index contributed by atoms with van der Waals surface area (Å²) in [5.41, 5.74) is 4.67. The van der Waals surface area contributed by atoms with Crippen molar-refractivity contribution in [1.29, 1.82) is 0 Å². The quantitative estimate of drug-likeness (QED) is 0.502. The number of amides is 2. The van der Waals surface area contributed by atoms with Crippen LogP contribution in [0, 0.1) is 5.92 Å². The van der Waals surface area contributed by atoms with E-state index >= 15 is 0 Å². The molecule has 34 heavy (non-hydrogen) atoms. The fraction of sp³-hybridized carbons (Fsp3) is 0.444. The third-order valence-corrected chi connectivity index (χ3v) is 6.52. The van der Waals surface area contributed by atoms with Crippen molar-refractivity contribution in [3.8, 4) is 11.1 Å². The Bertz CT molecular complexity index is 976. The van der Waals surface area contributed by atoms with E-state index in [1.54, 1.807) is 11.8 Å². The smallest absolute Gasteiger partial charge is 0.407 e. The zero-order valence-corrected chi connectivity index (χ0v) is 20.1. The van der Waals surface area contributed by atoms with Gasteiger partial charge in [0, 0.05) is 31.5 Å². The predicted molar refractivity (Wildman–Crippen MR) is 131 cm³/mol. The summed E-state index contributed by atoms with van der Waals surface area (Å²) < 4.78 is 5.62. The Morgan fingerprint density at radius 1 is 1.03 bits per heavy atom. The van der Waals surface area contributed by atoms with E-state index in [1.165, 1.54) is 11.1 Å². The van der Waals surface area contributed by atoms with E-state index < -0.39 is 18.0 Å². The Balaban J connectivity index is 1.52. The van der Waals surface area contributed by atoms with Gasteiger partial charge < -0.3 is 20.1 Å². The van der Waals surface area contributed by atoms with Crippen molar-refractivity contribution < 1.29 is 24.2 Å². The Morgan fingerprint density at radius 2 is 1.62 bits per heavy atom. The number of carboxylic acid groups (broad SMARTS) is 1. The second-order valence-electron chi connectivity index (χ2n) is 8.79. The van der Waals surface area contributed by atoms with Gasteiger partial charge in [-0.3, -0.25) is 9.59 Å². The Labute approximate surface area is 201 Å². The first-order valence-electron chi connectivity index (χ1n) is 12.0. The summed E-state index contributed by atoms with van der Waals surface area (Å²) in [6.07, 6.45) is 0.877. The number of carbonyl (C=O) groups excluding carboxylic acids is 2. The number of nitrogens with zero attached hydrogens (tertiary/aromatic N) is 1. The molecule has 0 saturated heterocycles. The third kappa shape index (κ3) is 5.95. The molecule has 2 aromatic carbocycles. The first kappa shape index (κ1) is 25.3. The van der Waals surface area contributed by atoms with Crippen LogP contribution >= 0.6 is 0 Å². The standard InChI is InChI=1S/C27H34N2O5/c1-4-19(14-15-25(30)29(5-2)16-18(3)26(31)32)28-27(33)34-17-24-22-12-8-6-10-20(22)21-11-7-9-13-23(21)24/h6-13,18-19,24H,4-5,14-17H2,1-3H3,(H,28,33)(H,31,32). The molecule has 0 aromatic heterocycles. The van der Waals surface area contributed by atoms with E-state index in [9.17, 15) is 14.4 Å². The molecule has 2 atom stereocenters. The minimum atomic E-state index is -0.922. The van der Waals surface area contributed by atoms with Crippen LogP contribution < -0.4 is 5.32 Å². The molecule has 0 spiro atoms. The largest absolute Gasteiger partial charge is 0.481 e. The molecule has 7 heteroatoms. The molecule has 182 valence electrons. The first-order chi connectivity index (χ1) is 16.3. The van der Waals surface area contributed by atoms with Gasteiger partial charge in [0.2, 0.25) is 5.91 Å². The molecule has 2 N–H and O–H groups in total. The Hall–Kier alpha value is -3.35. The lowest BCUT2D eigenvalue weighted by molar-refractivity contribution is -0.143. The molecule has 0 heterocycles. The number of carboxylic acids is 1. The van der Waals surface area contributed by atoms with Crippen LogP contribution in [0.15, 0.2) is 48.5 Å². The lowest BCUT2D eigenvalue weighted by Crippen LogP contribution is -2.39. The van der Waals surface area contributed by atoms with E-state index in [0.29, 0.717) is 19.4 Å². The van der Waals surface area contributed by atoms with Crippen molar-refractivity contribution in [2.24, 2.45) is 5.92 Å². The lowest BCUT2D eigenvalue weighted by Gasteiger charge is -2.24. The molecular weight excluding hydrogens is 432 g/mol. The topological polar surface area (TPSA) is 95.9 Å². The van der Waals surface area contributed by atoms with Crippen LogP contribution in [0.2, 0.25) is 0 Å². The molecule has 3 rings (SSSR count). The van der Waals surface area contributed by atoms with Gasteiger partial charge in [0.05, 0.1) is 5.92 Å². The molecular formula is C27H34N2O5. The van der Waals surface area contributed by atoms with Crippen LogP contribution in [0.3, 0.4) is 0 Å². The Morgan fingerprint density at radius 3 is 2.15 bits per heavy atom. The summed E-state index contributed by atoms with van der Waals surface area (Å²) >= 11 is 0. The minimum Gasteiger partial charge on any atom is -0.481 e. The maximum atomic E-state index is 12.6. The molecule has 0 saturated carbocycles. The number of hydrogen-bond acceptors (Lipinski definition) is 4. The predicted octanol–water partition coefficient (Wildman–Crippen LogP) is 4.65. The van der Waals surface area contributed by atoms with Gasteiger partial charge in [-0.1, -0.05) is 62.4 Å². The molecule has 2 amide bonds. The molecule has 0 fully saturated rings. The molecule has 0 radical (unpaired) electrons. The number of nitrogens with one attached hydrogen (secondary N) is 1. The lowest BCUT2D eigenvalue weighted by atomic mass is 9.98. The zero-order valence-electron chi connectivity index (χ0n) is 20.1. The normalized spacial score (nSPS) is 14.0. The second kappa shape index (κ2) is 11.7. The monoisotopic (exact) mass is 466 g/mol. The summed E-state index contributed by atoms with van der Waals surface area (Å²) in [5, 5.41) is 12.0. The number of alkyl carbamates (subject to hydrolysis) is 1. The van der Waals surface area contributed by atoms with Gasteiger partial charge in [-0.15, -0.1) is 0 Å². The van der Waals surface area contributed by atoms with E-state index in [-0.39, 0.29) is 37.4 Å². The van der Waals surface area contributed by atoms with E-state index in [0.717, 1.165) is 11.1 Å². The summed E-state index contributed by atoms with van der Waals surface area (Å²) in [5.74, 6) is -1.66. The number of hydrogen-bond donors (Lipinski definition) is 2. The van der Waals surface area contributed by atoms with Crippen molar-refractivity contribution in [2.75, 3.05) is 19.7 Å². The number of ether oxygens (including phenoxy) is 1. The zero-order chi connectivity index (χ0) is 24.7. The highest BCUT2D eigenvalue weighted by atomic mass is 16.5. The number of carbonyl (C=O) groups is 3. The van der Waals surface area contributed by atoms with Crippen molar-refractivity contribution in [2.45, 2.75) is 52.0 Å². The van der Waals surface area contributed by atoms with Crippen molar-refractivity contribution in [3.05, 3.63) is 59.7 Å². The molecule has 2 unspecified atom stereocenters. The van der Waals surface area contributed by atoms with Gasteiger partial charge in [0.25, 0.3) is 0 Å². The van der Waals surface area contributed by atoms with Crippen LogP contribution in [0.5, 0.6) is 0 Å². The molecule has 0 aliphatic heterocycles. The third-order valence-electron chi connectivity index (χ3n) is 6.52. The van der Waals surface area contributed by atoms with Gasteiger partial charge in [-0.25, -0.2) is 4.79 Å². The van der Waals surface area contributed by atoms with Gasteiger partial charge in [-0.05, 0) is 42.0 Å². The highest BCUT2D eigenvalue weighted by Gasteiger charge is 2.29. The van der Waals surface area contributed by atoms with Crippen LogP contribution in [0.1, 0.15) is 57.1 Å². The highest BCUT2D eigenvalue weighted by Crippen LogP contribution is 2.44. The van der Waals surface area contributed by atoms with Gasteiger partial charge >= 0.3 is 12.1 Å². The van der Waals surface area contributed by atoms with Crippen LogP contribution in [-0.2, 0) is 14.3 Å². The molecule has 1 aliphatic rings. The maximum Gasteiger partial charge on any atom is 0.407 e. The summed E-state index contributed by atoms with van der Waals surface area (Å²) in [4.78, 5) is 37.8. The fourth-order valence-corrected chi connectivity index (χ4v) is 4.46. The molecule has 1 aliphatic carbocycles. The van der Waals surface area contributed by atoms with Crippen molar-refractivity contribution in [1.82, 2.24) is 10.2 Å². The SMILES string of the molecule is CCC(CCC(=O)N(CC)CC(C)C(=O)O)NC(=O)OCC1c2ccccc2-c2ccccc21. The Kier molecular flexibility index (Phi) is 8.68. The first-order valence-corrected chi connectivity index (χ1v) is 12.0. The number of fused-ring (bicyclic) bond motifs is 3. The van der Waals surface area contributed by atoms with Gasteiger partial charge in [0.1, 0.15) is 6.61 Å². The van der Waals surface area contributed by atoms with E-state index in [2.05, 4.69) is 29.6 Å². The van der Waals surface area contributed by atoms with E-state index in [1.807, 2.05) is 38.1 Å². The maximum absolute atomic E-state index is 12.6. The van der Waals surface area contributed by atoms with Crippen LogP contribution in [0.25, 0.3) is 11.1 Å². The molecule has 2 aromatic rings. The average Bonchev–Trinajstić information content (AvgIpc) is 3.17. The highest BCUT2D eigenvalue weighted by molar-refractivity contribution is 5.79. The van der Waals surface area contributed by atoms with Gasteiger partial charge in [0.15, 0.2) is 0 Å². The second-order valence-corrected chi connectivity index (χ2v) is 8.79. The average molecular weight is 467 g/mol. The van der Waals surface area contributed by atoms with Crippen molar-refractivity contribution >= 4 is 18.0 Å². The minimum absolute atomic E-state index is 0.00542. The molecule has 0 bridgehead atoms. The summed E-state index contributed by atoms with van der Waals surface area (Å²) in [6.45, 7) is 6.24. The summed E-state index contributed by atoms with van der Waals surface area (Å²) in [7, 11) is 0. The molecule has 7 nitrogen and oxygen atoms in total.